The van der Waals surface area contributed by atoms with Crippen LogP contribution in [0.25, 0.3) is 11.2 Å². The standard InChI is InChI=1S/C29H30FN6O4P/c1-19(13-36-18-35-24-27(31)33-17-34-28(24)36)39-15-21-16-41-26(25(21)40-23-9-7-22(30)8-10-23)29(37)32-11-12-38-14-20-5-3-2-4-6-20/h2-10,16-19,41H,11-15H2,1H3,(H,32,37)(H2,31,33,34)/t19-/m1/s1. The Labute approximate surface area is 237 Å². The Morgan fingerprint density at radius 2 is 1.90 bits per heavy atom. The number of carbonyl (C=O) groups is 1. The Balaban J connectivity index is 1.23. The number of amides is 1. The van der Waals surface area contributed by atoms with E-state index in [0.717, 1.165) is 11.1 Å². The number of rotatable bonds is 13. The van der Waals surface area contributed by atoms with Gasteiger partial charge in [0, 0.05) is 12.1 Å². The van der Waals surface area contributed by atoms with Crippen LogP contribution in [0.15, 0.2) is 73.1 Å². The molecule has 0 spiro atoms. The van der Waals surface area contributed by atoms with Gasteiger partial charge in [0.05, 0.1) is 44.1 Å². The number of hydrogen-bond acceptors (Lipinski definition) is 8. The van der Waals surface area contributed by atoms with E-state index in [1.807, 2.05) is 47.6 Å². The highest BCUT2D eigenvalue weighted by atomic mass is 31.0. The van der Waals surface area contributed by atoms with E-state index >= 15 is 0 Å². The van der Waals surface area contributed by atoms with Gasteiger partial charge in [-0.15, -0.1) is 8.19 Å². The van der Waals surface area contributed by atoms with Crippen molar-refractivity contribution in [3.05, 3.63) is 95.3 Å². The fraction of sp³-hybridized carbons (Fsp3) is 0.241. The maximum Gasteiger partial charge on any atom is 0.258 e. The van der Waals surface area contributed by atoms with Crippen LogP contribution in [0, 0.1) is 5.82 Å². The zero-order valence-electron chi connectivity index (χ0n) is 22.4. The predicted octanol–water partition coefficient (Wildman–Crippen LogP) is 4.92. The summed E-state index contributed by atoms with van der Waals surface area (Å²) in [6, 6.07) is 15.5. The Morgan fingerprint density at radius 3 is 2.71 bits per heavy atom. The molecule has 3 aromatic heterocycles. The van der Waals surface area contributed by atoms with Crippen molar-refractivity contribution in [3.8, 4) is 11.5 Å². The van der Waals surface area contributed by atoms with Crippen molar-refractivity contribution in [2.24, 2.45) is 0 Å². The van der Waals surface area contributed by atoms with Crippen molar-refractivity contribution in [2.75, 3.05) is 18.9 Å². The van der Waals surface area contributed by atoms with Gasteiger partial charge in [-0.1, -0.05) is 30.3 Å². The van der Waals surface area contributed by atoms with Crippen molar-refractivity contribution in [2.45, 2.75) is 32.8 Å². The lowest BCUT2D eigenvalue weighted by atomic mass is 10.2. The molecule has 0 aliphatic carbocycles. The number of halogens is 1. The van der Waals surface area contributed by atoms with Gasteiger partial charge in [-0.2, -0.15) is 0 Å². The van der Waals surface area contributed by atoms with Crippen LogP contribution < -0.4 is 15.8 Å². The number of nitrogen functional groups attached to an aromatic ring is 1. The van der Waals surface area contributed by atoms with Crippen LogP contribution in [-0.4, -0.2) is 44.7 Å². The summed E-state index contributed by atoms with van der Waals surface area (Å²) in [5.41, 5.74) is 8.87. The molecule has 0 saturated heterocycles. The molecule has 0 saturated carbocycles. The minimum absolute atomic E-state index is 0.0869. The molecular weight excluding hydrogens is 546 g/mol. The lowest BCUT2D eigenvalue weighted by molar-refractivity contribution is 0.0418. The molecule has 5 aromatic rings. The molecule has 2 aromatic carbocycles. The van der Waals surface area contributed by atoms with Gasteiger partial charge in [-0.25, -0.2) is 19.3 Å². The van der Waals surface area contributed by atoms with E-state index in [0.29, 0.717) is 60.1 Å². The minimum atomic E-state index is -0.375. The number of aromatic nitrogens is 4. The summed E-state index contributed by atoms with van der Waals surface area (Å²) >= 11 is 0. The van der Waals surface area contributed by atoms with E-state index in [-0.39, 0.29) is 32.6 Å². The van der Waals surface area contributed by atoms with Crippen LogP contribution in [0.3, 0.4) is 0 Å². The summed E-state index contributed by atoms with van der Waals surface area (Å²) in [6.45, 7) is 3.81. The fourth-order valence-corrected chi connectivity index (χ4v) is 5.24. The first kappa shape index (κ1) is 28.2. The fourth-order valence-electron chi connectivity index (χ4n) is 4.15. The maximum absolute atomic E-state index is 13.5. The smallest absolute Gasteiger partial charge is 0.258 e. The number of ether oxygens (including phenoxy) is 3. The largest absolute Gasteiger partial charge is 0.456 e. The third-order valence-electron chi connectivity index (χ3n) is 6.22. The Hall–Kier alpha value is -4.31. The number of benzene rings is 2. The molecule has 0 bridgehead atoms. The number of nitrogens with one attached hydrogen (secondary N) is 1. The first-order valence-corrected chi connectivity index (χ1v) is 14.1. The number of carbonyl (C=O) groups excluding carboxylic acids is 1. The van der Waals surface area contributed by atoms with Gasteiger partial charge in [0.2, 0.25) is 0 Å². The van der Waals surface area contributed by atoms with Crippen molar-refractivity contribution in [1.29, 1.82) is 0 Å². The molecular formula is C29H30FN6O4P. The van der Waals surface area contributed by atoms with Crippen molar-refractivity contribution >= 4 is 31.1 Å². The summed E-state index contributed by atoms with van der Waals surface area (Å²) < 4.78 is 33.3. The molecule has 2 atom stereocenters. The first-order valence-electron chi connectivity index (χ1n) is 13.0. The molecule has 0 aliphatic rings. The van der Waals surface area contributed by atoms with Crippen LogP contribution in [0.1, 0.15) is 28.1 Å². The van der Waals surface area contributed by atoms with Gasteiger partial charge in [-0.3, -0.25) is 4.79 Å². The number of nitrogens with zero attached hydrogens (tertiary/aromatic N) is 4. The topological polar surface area (TPSA) is 126 Å². The molecule has 0 fully saturated rings. The molecule has 3 N–H and O–H groups in total. The highest BCUT2D eigenvalue weighted by molar-refractivity contribution is 7.32. The summed E-state index contributed by atoms with van der Waals surface area (Å²) in [7, 11) is 0.0869. The van der Waals surface area contributed by atoms with E-state index in [9.17, 15) is 9.18 Å². The summed E-state index contributed by atoms with van der Waals surface area (Å²) in [4.78, 5) is 25.7. The molecule has 3 heterocycles. The third-order valence-corrected chi connectivity index (χ3v) is 7.46. The molecule has 12 heteroatoms. The summed E-state index contributed by atoms with van der Waals surface area (Å²) in [5, 5.41) is 3.41. The van der Waals surface area contributed by atoms with Crippen molar-refractivity contribution < 1.29 is 23.4 Å². The number of fused-ring (bicyclic) bond motifs is 1. The Morgan fingerprint density at radius 1 is 1.10 bits per heavy atom. The quantitative estimate of drug-likeness (QED) is 0.189. The third kappa shape index (κ3) is 7.26. The molecule has 5 rings (SSSR count). The second-order valence-electron chi connectivity index (χ2n) is 9.32. The van der Waals surface area contributed by atoms with E-state index in [4.69, 9.17) is 19.9 Å². The molecule has 0 radical (unpaired) electrons. The van der Waals surface area contributed by atoms with E-state index in [2.05, 4.69) is 20.3 Å². The van der Waals surface area contributed by atoms with E-state index in [1.54, 1.807) is 6.33 Å². The molecule has 212 valence electrons. The first-order chi connectivity index (χ1) is 20.0. The van der Waals surface area contributed by atoms with Gasteiger partial charge in [-0.05, 0) is 42.6 Å². The Bertz CT molecular complexity index is 1590. The van der Waals surface area contributed by atoms with Crippen LogP contribution in [0.4, 0.5) is 10.2 Å². The monoisotopic (exact) mass is 576 g/mol. The summed E-state index contributed by atoms with van der Waals surface area (Å²) in [6.07, 6.45) is 2.83. The average Bonchev–Trinajstić information content (AvgIpc) is 3.58. The molecule has 0 aliphatic heterocycles. The summed E-state index contributed by atoms with van der Waals surface area (Å²) in [5.74, 6) is 2.47. The van der Waals surface area contributed by atoms with Crippen molar-refractivity contribution in [1.82, 2.24) is 24.8 Å². The molecule has 41 heavy (non-hydrogen) atoms. The van der Waals surface area contributed by atoms with Gasteiger partial charge in [0.1, 0.15) is 29.2 Å². The molecule has 1 unspecified atom stereocenters. The van der Waals surface area contributed by atoms with Gasteiger partial charge < -0.3 is 29.8 Å². The van der Waals surface area contributed by atoms with Gasteiger partial charge in [0.25, 0.3) is 5.91 Å². The zero-order chi connectivity index (χ0) is 28.6. The number of nitrogens with two attached hydrogens (primary N) is 1. The minimum Gasteiger partial charge on any atom is -0.456 e. The Kier molecular flexibility index (Phi) is 9.20. The highest BCUT2D eigenvalue weighted by Crippen LogP contribution is 2.38. The van der Waals surface area contributed by atoms with Crippen LogP contribution in [0.2, 0.25) is 0 Å². The van der Waals surface area contributed by atoms with Crippen molar-refractivity contribution in [3.63, 3.8) is 0 Å². The highest BCUT2D eigenvalue weighted by Gasteiger charge is 2.20. The number of imidazole rings is 1. The normalized spacial score (nSPS) is 12.1. The second kappa shape index (κ2) is 13.4. The van der Waals surface area contributed by atoms with Crippen LogP contribution in [0.5, 0.6) is 11.5 Å². The van der Waals surface area contributed by atoms with Crippen LogP contribution >= 0.6 is 8.19 Å². The maximum atomic E-state index is 13.5. The van der Waals surface area contributed by atoms with E-state index in [1.165, 1.54) is 30.6 Å². The predicted molar refractivity (Wildman–Crippen MR) is 155 cm³/mol. The SMILES string of the molecule is C[C@H](Cn1cnc2c(N)ncnc21)OCc1c[pH]c(C(=O)NCCOCc2ccccc2)c1Oc1ccc(F)cc1. The van der Waals surface area contributed by atoms with Crippen LogP contribution in [-0.2, 0) is 29.2 Å². The zero-order valence-corrected chi connectivity index (χ0v) is 23.4. The lowest BCUT2D eigenvalue weighted by Crippen LogP contribution is -2.26. The second-order valence-corrected chi connectivity index (χ2v) is 10.4. The molecule has 10 nitrogen and oxygen atoms in total. The number of hydrogen-bond donors (Lipinski definition) is 2. The average molecular weight is 577 g/mol. The van der Waals surface area contributed by atoms with Gasteiger partial charge in [0.15, 0.2) is 11.5 Å². The molecule has 1 amide bonds. The number of anilines is 1. The van der Waals surface area contributed by atoms with Gasteiger partial charge >= 0.3 is 0 Å². The van der Waals surface area contributed by atoms with E-state index < -0.39 is 0 Å². The lowest BCUT2D eigenvalue weighted by Gasteiger charge is -2.15.